The van der Waals surface area contributed by atoms with Gasteiger partial charge in [-0.25, -0.2) is 0 Å². The normalized spacial score (nSPS) is 31.5. The first-order valence-corrected chi connectivity index (χ1v) is 13.5. The van der Waals surface area contributed by atoms with Crippen LogP contribution < -0.4 is 9.46 Å². The molecule has 3 heterocycles. The number of nitrogens with zero attached hydrogens (tertiary/aromatic N) is 2. The quantitative estimate of drug-likeness (QED) is 0.720. The number of carbonyl (C=O) groups is 1. The first-order valence-electron chi connectivity index (χ1n) is 12.1. The molecule has 1 unspecified atom stereocenters. The van der Waals surface area contributed by atoms with Crippen LogP contribution in [0.15, 0.2) is 24.3 Å². The zero-order valence-corrected chi connectivity index (χ0v) is 20.7. The van der Waals surface area contributed by atoms with E-state index in [1.165, 1.54) is 24.0 Å². The van der Waals surface area contributed by atoms with Gasteiger partial charge in [0.15, 0.2) is 0 Å². The second kappa shape index (κ2) is 10.3. The highest BCUT2D eigenvalue weighted by Gasteiger charge is 2.44. The molecule has 8 nitrogen and oxygen atoms in total. The molecule has 1 saturated carbocycles. The molecule has 0 aromatic heterocycles. The van der Waals surface area contributed by atoms with Gasteiger partial charge >= 0.3 is 0 Å². The van der Waals surface area contributed by atoms with E-state index in [1.54, 1.807) is 0 Å². The number of carbonyl (C=O) groups excluding carboxylic acids is 1. The molecule has 1 saturated heterocycles. The molecular weight excluding hydrogens is 442 g/mol. The summed E-state index contributed by atoms with van der Waals surface area (Å²) in [4.78, 5) is 15.1. The van der Waals surface area contributed by atoms with Crippen molar-refractivity contribution >= 4 is 16.1 Å². The van der Waals surface area contributed by atoms with Gasteiger partial charge in [0, 0.05) is 32.6 Å². The average molecular weight is 480 g/mol. The lowest BCUT2D eigenvalue weighted by Gasteiger charge is -2.34. The summed E-state index contributed by atoms with van der Waals surface area (Å²) in [5.41, 5.74) is 1.31. The van der Waals surface area contributed by atoms with Gasteiger partial charge < -0.3 is 14.4 Å². The van der Waals surface area contributed by atoms with Gasteiger partial charge in [0.05, 0.1) is 25.4 Å². The molecule has 0 spiro atoms. The summed E-state index contributed by atoms with van der Waals surface area (Å²) in [5, 5.41) is 0. The summed E-state index contributed by atoms with van der Waals surface area (Å²) in [6.07, 6.45) is 5.69. The average Bonchev–Trinajstić information content (AvgIpc) is 3.09. The highest BCUT2D eigenvalue weighted by atomic mass is 32.2. The summed E-state index contributed by atoms with van der Waals surface area (Å²) in [6, 6.07) is 7.58. The van der Waals surface area contributed by atoms with Gasteiger partial charge in [-0.1, -0.05) is 12.1 Å². The Bertz CT molecular complexity index is 930. The Kier molecular flexibility index (Phi) is 7.63. The number of hydrogen-bond acceptors (Lipinski definition) is 5. The Morgan fingerprint density at radius 1 is 1.15 bits per heavy atom. The fourth-order valence-corrected chi connectivity index (χ4v) is 6.25. The van der Waals surface area contributed by atoms with E-state index in [1.807, 2.05) is 24.0 Å². The van der Waals surface area contributed by atoms with Crippen molar-refractivity contribution in [2.24, 2.45) is 0 Å². The van der Waals surface area contributed by atoms with Crippen molar-refractivity contribution in [1.82, 2.24) is 13.9 Å². The van der Waals surface area contributed by atoms with Crippen LogP contribution in [0.5, 0.6) is 5.75 Å². The van der Waals surface area contributed by atoms with E-state index >= 15 is 0 Å². The van der Waals surface area contributed by atoms with E-state index in [2.05, 4.69) is 16.9 Å². The molecule has 1 amide bonds. The van der Waals surface area contributed by atoms with Crippen LogP contribution in [0.1, 0.15) is 63.4 Å². The van der Waals surface area contributed by atoms with E-state index < -0.39 is 10.2 Å². The standard InChI is InChI=1S/C24H37N3O5S/c1-17-14-22(25-33(29,30)26(2)3)23-16-32-20-11-9-18(10-12-20)19-6-4-7-21(15-19)31-13-5-8-24(28)27(17)23/h4,6-7,15,17-18,20,22-23,25H,5,8-14,16H2,1-3H3/t17-,18?,20?,22+,23?/m1/s1. The number of amides is 1. The van der Waals surface area contributed by atoms with Crippen molar-refractivity contribution in [1.29, 1.82) is 0 Å². The van der Waals surface area contributed by atoms with Crippen LogP contribution in [0.25, 0.3) is 0 Å². The molecular formula is C24H37N3O5S. The molecule has 4 bridgehead atoms. The molecule has 1 aromatic rings. The molecule has 0 radical (unpaired) electrons. The monoisotopic (exact) mass is 479 g/mol. The topological polar surface area (TPSA) is 88.2 Å². The molecule has 3 aliphatic heterocycles. The highest BCUT2D eigenvalue weighted by molar-refractivity contribution is 7.87. The van der Waals surface area contributed by atoms with E-state index in [4.69, 9.17) is 9.47 Å². The van der Waals surface area contributed by atoms with E-state index in [9.17, 15) is 13.2 Å². The molecule has 4 aliphatic rings. The molecule has 1 aromatic carbocycles. The maximum atomic E-state index is 13.2. The summed E-state index contributed by atoms with van der Waals surface area (Å²) in [7, 11) is -0.598. The summed E-state index contributed by atoms with van der Waals surface area (Å²) >= 11 is 0. The molecule has 33 heavy (non-hydrogen) atoms. The lowest BCUT2D eigenvalue weighted by Crippen LogP contribution is -2.52. The molecule has 2 fully saturated rings. The van der Waals surface area contributed by atoms with Gasteiger partial charge in [-0.15, -0.1) is 0 Å². The zero-order valence-electron chi connectivity index (χ0n) is 19.9. The zero-order chi connectivity index (χ0) is 23.6. The van der Waals surface area contributed by atoms with Crippen molar-refractivity contribution in [2.75, 3.05) is 27.3 Å². The molecule has 3 atom stereocenters. The third-order valence-electron chi connectivity index (χ3n) is 7.27. The minimum Gasteiger partial charge on any atom is -0.494 e. The number of rotatable bonds is 3. The van der Waals surface area contributed by atoms with Crippen LogP contribution in [-0.4, -0.2) is 75.1 Å². The van der Waals surface area contributed by atoms with Crippen molar-refractivity contribution in [3.8, 4) is 5.75 Å². The van der Waals surface area contributed by atoms with Crippen LogP contribution in [0.4, 0.5) is 0 Å². The van der Waals surface area contributed by atoms with E-state index in [-0.39, 0.29) is 30.1 Å². The maximum absolute atomic E-state index is 13.2. The first-order chi connectivity index (χ1) is 15.7. The summed E-state index contributed by atoms with van der Waals surface area (Å²) in [6.45, 7) is 2.81. The fourth-order valence-electron chi connectivity index (χ4n) is 5.41. The Morgan fingerprint density at radius 2 is 1.91 bits per heavy atom. The number of nitrogens with one attached hydrogen (secondary N) is 1. The molecule has 1 aliphatic carbocycles. The van der Waals surface area contributed by atoms with Crippen LogP contribution in [-0.2, 0) is 19.7 Å². The van der Waals surface area contributed by atoms with Crippen molar-refractivity contribution < 1.29 is 22.7 Å². The smallest absolute Gasteiger partial charge is 0.279 e. The van der Waals surface area contributed by atoms with Gasteiger partial charge in [0.2, 0.25) is 5.91 Å². The van der Waals surface area contributed by atoms with Gasteiger partial charge in [0.25, 0.3) is 10.2 Å². The molecule has 184 valence electrons. The van der Waals surface area contributed by atoms with Crippen molar-refractivity contribution in [3.63, 3.8) is 0 Å². The Labute approximate surface area is 197 Å². The van der Waals surface area contributed by atoms with Crippen LogP contribution in [0.3, 0.4) is 0 Å². The van der Waals surface area contributed by atoms with Crippen molar-refractivity contribution in [3.05, 3.63) is 29.8 Å². The third-order valence-corrected chi connectivity index (χ3v) is 8.83. The SMILES string of the molecule is C[C@@H]1C[C@H](NS(=O)(=O)N(C)C)C2COC3CCC(CC3)c3cccc(c3)OCCCC(=O)N21. The lowest BCUT2D eigenvalue weighted by atomic mass is 9.82. The molecule has 5 rings (SSSR count). The third kappa shape index (κ3) is 5.70. The summed E-state index contributed by atoms with van der Waals surface area (Å²) in [5.74, 6) is 1.39. The van der Waals surface area contributed by atoms with Crippen molar-refractivity contribution in [2.45, 2.75) is 82.0 Å². The minimum atomic E-state index is -3.61. The van der Waals surface area contributed by atoms with Crippen LogP contribution >= 0.6 is 0 Å². The van der Waals surface area contributed by atoms with Crippen LogP contribution in [0.2, 0.25) is 0 Å². The fraction of sp³-hybridized carbons (Fsp3) is 0.708. The number of benzene rings is 1. The minimum absolute atomic E-state index is 0.0239. The van der Waals surface area contributed by atoms with Gasteiger partial charge in [-0.2, -0.15) is 17.4 Å². The number of fused-ring (bicyclic) bond motifs is 7. The molecule has 1 N–H and O–H groups in total. The van der Waals surface area contributed by atoms with E-state index in [0.29, 0.717) is 38.4 Å². The van der Waals surface area contributed by atoms with Gasteiger partial charge in [0.1, 0.15) is 5.75 Å². The molecule has 9 heteroatoms. The van der Waals surface area contributed by atoms with Gasteiger partial charge in [-0.3, -0.25) is 4.79 Å². The maximum Gasteiger partial charge on any atom is 0.279 e. The second-order valence-corrected chi connectivity index (χ2v) is 11.7. The van der Waals surface area contributed by atoms with Crippen LogP contribution in [0, 0.1) is 0 Å². The number of ether oxygens (including phenoxy) is 2. The lowest BCUT2D eigenvalue weighted by molar-refractivity contribution is -0.136. The summed E-state index contributed by atoms with van der Waals surface area (Å²) < 4.78 is 41.4. The van der Waals surface area contributed by atoms with E-state index in [0.717, 1.165) is 31.4 Å². The first kappa shape index (κ1) is 24.4. The Morgan fingerprint density at radius 3 is 2.64 bits per heavy atom. The second-order valence-electron chi connectivity index (χ2n) is 9.80. The largest absolute Gasteiger partial charge is 0.494 e. The number of hydrogen-bond donors (Lipinski definition) is 1. The highest BCUT2D eigenvalue weighted by Crippen LogP contribution is 2.36. The predicted octanol–water partition coefficient (Wildman–Crippen LogP) is 2.66. The van der Waals surface area contributed by atoms with Gasteiger partial charge in [-0.05, 0) is 69.1 Å². The Hall–Kier alpha value is -1.68. The Balaban J connectivity index is 1.54. The predicted molar refractivity (Wildman–Crippen MR) is 126 cm³/mol.